The van der Waals surface area contributed by atoms with Crippen LogP contribution in [0.2, 0.25) is 0 Å². The van der Waals surface area contributed by atoms with Crippen LogP contribution >= 0.6 is 0 Å². The van der Waals surface area contributed by atoms with Crippen molar-refractivity contribution in [2.24, 2.45) is 0 Å². The number of imidazole rings is 1. The Kier molecular flexibility index (Phi) is 3.75. The molecule has 5 nitrogen and oxygen atoms in total. The molecule has 1 fully saturated rings. The third-order valence-corrected chi connectivity index (χ3v) is 4.00. The van der Waals surface area contributed by atoms with Crippen LogP contribution in [-0.4, -0.2) is 21.5 Å². The molecule has 120 valence electrons. The summed E-state index contributed by atoms with van der Waals surface area (Å²) in [4.78, 5) is 16.2. The molecular weight excluding hydrogens is 300 g/mol. The summed E-state index contributed by atoms with van der Waals surface area (Å²) in [6, 6.07) is 16.0. The van der Waals surface area contributed by atoms with Crippen molar-refractivity contribution in [1.82, 2.24) is 14.9 Å². The Balaban J connectivity index is 1.47. The second-order valence-electron chi connectivity index (χ2n) is 5.97. The summed E-state index contributed by atoms with van der Waals surface area (Å²) in [5, 5.41) is 6.34. The van der Waals surface area contributed by atoms with Gasteiger partial charge in [0.25, 0.3) is 5.91 Å². The summed E-state index contributed by atoms with van der Waals surface area (Å²) in [6.07, 6.45) is 7.61. The average molecular weight is 318 g/mol. The van der Waals surface area contributed by atoms with Crippen molar-refractivity contribution < 1.29 is 4.79 Å². The monoisotopic (exact) mass is 318 g/mol. The van der Waals surface area contributed by atoms with Crippen LogP contribution in [0.3, 0.4) is 0 Å². The Morgan fingerprint density at radius 1 is 1.08 bits per heavy atom. The molecule has 1 saturated carbocycles. The van der Waals surface area contributed by atoms with E-state index in [4.69, 9.17) is 0 Å². The van der Waals surface area contributed by atoms with E-state index in [1.54, 1.807) is 12.5 Å². The quantitative estimate of drug-likeness (QED) is 0.757. The van der Waals surface area contributed by atoms with Crippen LogP contribution in [0.25, 0.3) is 5.69 Å². The van der Waals surface area contributed by atoms with Gasteiger partial charge in [-0.3, -0.25) is 4.79 Å². The van der Waals surface area contributed by atoms with E-state index in [1.807, 2.05) is 59.3 Å². The highest BCUT2D eigenvalue weighted by Crippen LogP contribution is 2.22. The molecule has 0 aliphatic heterocycles. The van der Waals surface area contributed by atoms with Gasteiger partial charge >= 0.3 is 0 Å². The van der Waals surface area contributed by atoms with Gasteiger partial charge in [0.1, 0.15) is 0 Å². The fourth-order valence-corrected chi connectivity index (χ4v) is 2.53. The van der Waals surface area contributed by atoms with Crippen LogP contribution in [0.5, 0.6) is 0 Å². The lowest BCUT2D eigenvalue weighted by Crippen LogP contribution is -2.25. The number of carbonyl (C=O) groups excluding carboxylic acids is 1. The van der Waals surface area contributed by atoms with Crippen molar-refractivity contribution in [2.75, 3.05) is 5.32 Å². The number of amides is 1. The highest BCUT2D eigenvalue weighted by Gasteiger charge is 2.23. The minimum Gasteiger partial charge on any atom is -0.356 e. The number of nitrogens with one attached hydrogen (secondary N) is 2. The number of hydrogen-bond donors (Lipinski definition) is 2. The third kappa shape index (κ3) is 3.30. The van der Waals surface area contributed by atoms with E-state index in [1.165, 1.54) is 0 Å². The molecule has 4 rings (SSSR count). The zero-order valence-corrected chi connectivity index (χ0v) is 13.1. The van der Waals surface area contributed by atoms with Gasteiger partial charge in [-0.2, -0.15) is 0 Å². The van der Waals surface area contributed by atoms with Crippen LogP contribution in [0, 0.1) is 0 Å². The van der Waals surface area contributed by atoms with Gasteiger partial charge in [-0.05, 0) is 55.3 Å². The molecular formula is C19H18N4O. The largest absolute Gasteiger partial charge is 0.356 e. The molecule has 2 aromatic carbocycles. The zero-order chi connectivity index (χ0) is 16.4. The molecule has 1 heterocycles. The molecule has 1 amide bonds. The number of aromatic nitrogens is 2. The first-order valence-corrected chi connectivity index (χ1v) is 8.04. The van der Waals surface area contributed by atoms with Gasteiger partial charge in [-0.25, -0.2) is 4.98 Å². The minimum atomic E-state index is -0.00314. The summed E-state index contributed by atoms with van der Waals surface area (Å²) in [7, 11) is 0. The van der Waals surface area contributed by atoms with Crippen LogP contribution in [0.1, 0.15) is 23.2 Å². The molecule has 24 heavy (non-hydrogen) atoms. The smallest absolute Gasteiger partial charge is 0.251 e. The SMILES string of the molecule is O=C(NC1CC1)c1cccc(Nc2ccc(-n3ccnc3)cc2)c1. The number of rotatable bonds is 5. The Morgan fingerprint density at radius 2 is 1.92 bits per heavy atom. The summed E-state index contributed by atoms with van der Waals surface area (Å²) in [6.45, 7) is 0. The number of benzene rings is 2. The lowest BCUT2D eigenvalue weighted by atomic mass is 10.1. The Morgan fingerprint density at radius 3 is 2.62 bits per heavy atom. The third-order valence-electron chi connectivity index (χ3n) is 4.00. The van der Waals surface area contributed by atoms with E-state index in [9.17, 15) is 4.79 Å². The molecule has 1 aliphatic carbocycles. The van der Waals surface area contributed by atoms with Crippen molar-refractivity contribution in [2.45, 2.75) is 18.9 Å². The first-order valence-electron chi connectivity index (χ1n) is 8.04. The normalized spacial score (nSPS) is 13.5. The molecule has 0 bridgehead atoms. The molecule has 1 aliphatic rings. The topological polar surface area (TPSA) is 59.0 Å². The van der Waals surface area contributed by atoms with E-state index < -0.39 is 0 Å². The minimum absolute atomic E-state index is 0.00314. The van der Waals surface area contributed by atoms with Crippen LogP contribution in [0.4, 0.5) is 11.4 Å². The fraction of sp³-hybridized carbons (Fsp3) is 0.158. The van der Waals surface area contributed by atoms with E-state index in [2.05, 4.69) is 15.6 Å². The maximum atomic E-state index is 12.1. The lowest BCUT2D eigenvalue weighted by molar-refractivity contribution is 0.0951. The Hall–Kier alpha value is -3.08. The van der Waals surface area contributed by atoms with Crippen LogP contribution in [0.15, 0.2) is 67.3 Å². The van der Waals surface area contributed by atoms with Gasteiger partial charge in [-0.1, -0.05) is 6.07 Å². The van der Waals surface area contributed by atoms with Crippen LogP contribution < -0.4 is 10.6 Å². The lowest BCUT2D eigenvalue weighted by Gasteiger charge is -2.10. The molecule has 2 N–H and O–H groups in total. The van der Waals surface area contributed by atoms with E-state index in [0.717, 1.165) is 29.9 Å². The Bertz CT molecular complexity index is 836. The molecule has 0 atom stereocenters. The average Bonchev–Trinajstić information content (AvgIpc) is 3.25. The van der Waals surface area contributed by atoms with Gasteiger partial charge < -0.3 is 15.2 Å². The standard InChI is InChI=1S/C19H18N4O/c24-19(22-16-4-5-16)14-2-1-3-17(12-14)21-15-6-8-18(9-7-15)23-11-10-20-13-23/h1-3,6-13,16,21H,4-5H2,(H,22,24). The molecule has 0 spiro atoms. The van der Waals surface area contributed by atoms with Gasteiger partial charge in [0.2, 0.25) is 0 Å². The van der Waals surface area contributed by atoms with Crippen LogP contribution in [-0.2, 0) is 0 Å². The molecule has 0 saturated heterocycles. The van der Waals surface area contributed by atoms with Gasteiger partial charge in [0.05, 0.1) is 6.33 Å². The maximum absolute atomic E-state index is 12.1. The van der Waals surface area contributed by atoms with Crippen molar-refractivity contribution in [3.8, 4) is 5.69 Å². The predicted octanol–water partition coefficient (Wildman–Crippen LogP) is 3.51. The zero-order valence-electron chi connectivity index (χ0n) is 13.1. The van der Waals surface area contributed by atoms with Crippen molar-refractivity contribution in [1.29, 1.82) is 0 Å². The molecule has 3 aromatic rings. The number of nitrogens with zero attached hydrogens (tertiary/aromatic N) is 2. The molecule has 0 radical (unpaired) electrons. The second kappa shape index (κ2) is 6.20. The first kappa shape index (κ1) is 14.5. The molecule has 1 aromatic heterocycles. The van der Waals surface area contributed by atoms with Crippen molar-refractivity contribution >= 4 is 17.3 Å². The summed E-state index contributed by atoms with van der Waals surface area (Å²) < 4.78 is 1.95. The van der Waals surface area contributed by atoms with E-state index >= 15 is 0 Å². The Labute approximate surface area is 140 Å². The summed E-state index contributed by atoms with van der Waals surface area (Å²) >= 11 is 0. The molecule has 5 heteroatoms. The second-order valence-corrected chi connectivity index (χ2v) is 5.97. The summed E-state index contributed by atoms with van der Waals surface area (Å²) in [5.74, 6) is -0.00314. The number of hydrogen-bond acceptors (Lipinski definition) is 3. The maximum Gasteiger partial charge on any atom is 0.251 e. The summed E-state index contributed by atoms with van der Waals surface area (Å²) in [5.41, 5.74) is 3.60. The van der Waals surface area contributed by atoms with Gasteiger partial charge in [0, 0.05) is 41.1 Å². The predicted molar refractivity (Wildman–Crippen MR) is 93.8 cm³/mol. The van der Waals surface area contributed by atoms with Crippen molar-refractivity contribution in [3.63, 3.8) is 0 Å². The van der Waals surface area contributed by atoms with Gasteiger partial charge in [-0.15, -0.1) is 0 Å². The fourth-order valence-electron chi connectivity index (χ4n) is 2.53. The van der Waals surface area contributed by atoms with E-state index in [0.29, 0.717) is 11.6 Å². The van der Waals surface area contributed by atoms with Gasteiger partial charge in [0.15, 0.2) is 0 Å². The van der Waals surface area contributed by atoms with E-state index in [-0.39, 0.29) is 5.91 Å². The number of carbonyl (C=O) groups is 1. The first-order chi connectivity index (χ1) is 11.8. The highest BCUT2D eigenvalue weighted by atomic mass is 16.1. The molecule has 0 unspecified atom stereocenters. The van der Waals surface area contributed by atoms with Crippen molar-refractivity contribution in [3.05, 3.63) is 72.8 Å². The highest BCUT2D eigenvalue weighted by molar-refractivity contribution is 5.95. The number of anilines is 2.